The number of pyridine rings is 1. The molecule has 3 aromatic rings. The molecule has 5 heterocycles. The zero-order valence-electron chi connectivity index (χ0n) is 25.6. The first-order valence-electron chi connectivity index (χ1n) is 15.3. The van der Waals surface area contributed by atoms with Crippen molar-refractivity contribution in [3.8, 4) is 29.0 Å². The second-order valence-electron chi connectivity index (χ2n) is 11.5. The molecular formula is C32H38N8O5. The Labute approximate surface area is 262 Å². The molecule has 13 heteroatoms. The van der Waals surface area contributed by atoms with E-state index in [0.29, 0.717) is 66.6 Å². The first-order chi connectivity index (χ1) is 21.9. The van der Waals surface area contributed by atoms with Crippen molar-refractivity contribution in [1.82, 2.24) is 24.8 Å². The number of aliphatic hydroxyl groups is 1. The van der Waals surface area contributed by atoms with Gasteiger partial charge in [-0.25, -0.2) is 9.97 Å². The van der Waals surface area contributed by atoms with Gasteiger partial charge in [-0.1, -0.05) is 0 Å². The lowest BCUT2D eigenvalue weighted by Crippen LogP contribution is -2.56. The van der Waals surface area contributed by atoms with Crippen LogP contribution in [0.15, 0.2) is 42.6 Å². The van der Waals surface area contributed by atoms with Crippen molar-refractivity contribution >= 4 is 23.4 Å². The molecule has 0 spiro atoms. The van der Waals surface area contributed by atoms with Crippen LogP contribution >= 0.6 is 0 Å². The summed E-state index contributed by atoms with van der Waals surface area (Å²) < 4.78 is 17.2. The molecule has 2 aromatic heterocycles. The van der Waals surface area contributed by atoms with Gasteiger partial charge in [0.2, 0.25) is 11.8 Å². The average molecular weight is 615 g/mol. The SMILES string of the molecule is COc1nc(Nc2nccc(-c3ccc(OC4CCN(C(=O)[C@H](C)O)CC4)c(C#N)c3)n2)ccc1N1CCN(C2COC2)CC1. The largest absolute Gasteiger partial charge is 0.489 e. The van der Waals surface area contributed by atoms with Gasteiger partial charge in [-0.2, -0.15) is 10.2 Å². The highest BCUT2D eigenvalue weighted by molar-refractivity contribution is 5.80. The second-order valence-corrected chi connectivity index (χ2v) is 11.5. The van der Waals surface area contributed by atoms with Crippen molar-refractivity contribution in [3.63, 3.8) is 0 Å². The number of piperazine rings is 1. The molecule has 45 heavy (non-hydrogen) atoms. The maximum Gasteiger partial charge on any atom is 0.251 e. The Morgan fingerprint density at radius 3 is 2.53 bits per heavy atom. The van der Waals surface area contributed by atoms with E-state index in [2.05, 4.69) is 36.1 Å². The number of carbonyl (C=O) groups excluding carboxylic acids is 1. The van der Waals surface area contributed by atoms with Crippen LogP contribution in [0.4, 0.5) is 17.5 Å². The molecule has 2 N–H and O–H groups in total. The van der Waals surface area contributed by atoms with Gasteiger partial charge in [-0.05, 0) is 43.3 Å². The molecule has 236 valence electrons. The van der Waals surface area contributed by atoms with Crippen LogP contribution < -0.4 is 19.7 Å². The van der Waals surface area contributed by atoms with E-state index >= 15 is 0 Å². The van der Waals surface area contributed by atoms with E-state index in [-0.39, 0.29) is 12.0 Å². The Morgan fingerprint density at radius 1 is 1.09 bits per heavy atom. The topological polar surface area (TPSA) is 149 Å². The third-order valence-electron chi connectivity index (χ3n) is 8.52. The summed E-state index contributed by atoms with van der Waals surface area (Å²) in [6, 6.07) is 13.8. The fourth-order valence-electron chi connectivity index (χ4n) is 5.87. The zero-order valence-corrected chi connectivity index (χ0v) is 25.6. The molecule has 3 saturated heterocycles. The summed E-state index contributed by atoms with van der Waals surface area (Å²) in [4.78, 5) is 32.2. The summed E-state index contributed by atoms with van der Waals surface area (Å²) in [5, 5.41) is 22.6. The number of nitrogens with one attached hydrogen (secondary N) is 1. The van der Waals surface area contributed by atoms with Crippen molar-refractivity contribution in [2.45, 2.75) is 38.0 Å². The van der Waals surface area contributed by atoms with Crippen LogP contribution in [0.25, 0.3) is 11.3 Å². The molecular weight excluding hydrogens is 576 g/mol. The van der Waals surface area contributed by atoms with E-state index in [1.807, 2.05) is 18.2 Å². The highest BCUT2D eigenvalue weighted by Crippen LogP contribution is 2.31. The van der Waals surface area contributed by atoms with E-state index in [1.165, 1.54) is 6.92 Å². The van der Waals surface area contributed by atoms with Gasteiger partial charge in [0.25, 0.3) is 5.91 Å². The molecule has 1 atom stereocenters. The third kappa shape index (κ3) is 6.93. The number of benzene rings is 1. The third-order valence-corrected chi connectivity index (χ3v) is 8.52. The number of hydrogen-bond acceptors (Lipinski definition) is 12. The lowest BCUT2D eigenvalue weighted by atomic mass is 10.1. The number of ether oxygens (including phenoxy) is 3. The maximum absolute atomic E-state index is 12.1. The molecule has 0 unspecified atom stereocenters. The highest BCUT2D eigenvalue weighted by atomic mass is 16.5. The van der Waals surface area contributed by atoms with Crippen molar-refractivity contribution in [3.05, 3.63) is 48.2 Å². The monoisotopic (exact) mass is 614 g/mol. The molecule has 0 saturated carbocycles. The number of nitrogens with zero attached hydrogens (tertiary/aromatic N) is 7. The summed E-state index contributed by atoms with van der Waals surface area (Å²) in [6.45, 7) is 7.87. The number of likely N-dealkylation sites (tertiary alicyclic amines) is 1. The average Bonchev–Trinajstić information content (AvgIpc) is 3.04. The van der Waals surface area contributed by atoms with Gasteiger partial charge in [0, 0.05) is 63.9 Å². The fraction of sp³-hybridized carbons (Fsp3) is 0.469. The number of carbonyl (C=O) groups is 1. The number of hydrogen-bond donors (Lipinski definition) is 2. The Balaban J connectivity index is 1.10. The van der Waals surface area contributed by atoms with Gasteiger partial charge in [-0.3, -0.25) is 9.69 Å². The molecule has 0 aliphatic carbocycles. The number of piperidine rings is 1. The van der Waals surface area contributed by atoms with Gasteiger partial charge in [-0.15, -0.1) is 0 Å². The minimum absolute atomic E-state index is 0.126. The molecule has 3 aliphatic rings. The Hall–Kier alpha value is -4.51. The lowest BCUT2D eigenvalue weighted by Gasteiger charge is -2.43. The van der Waals surface area contributed by atoms with E-state index in [1.54, 1.807) is 36.4 Å². The van der Waals surface area contributed by atoms with Crippen molar-refractivity contribution in [2.75, 3.05) is 69.8 Å². The minimum Gasteiger partial charge on any atom is -0.489 e. The van der Waals surface area contributed by atoms with Gasteiger partial charge >= 0.3 is 0 Å². The molecule has 1 aromatic carbocycles. The molecule has 0 bridgehead atoms. The maximum atomic E-state index is 12.1. The smallest absolute Gasteiger partial charge is 0.251 e. The highest BCUT2D eigenvalue weighted by Gasteiger charge is 2.30. The van der Waals surface area contributed by atoms with Gasteiger partial charge < -0.3 is 34.4 Å². The van der Waals surface area contributed by atoms with E-state index < -0.39 is 6.10 Å². The van der Waals surface area contributed by atoms with Gasteiger partial charge in [0.05, 0.1) is 37.6 Å². The van der Waals surface area contributed by atoms with Crippen molar-refractivity contribution in [2.24, 2.45) is 0 Å². The Kier molecular flexibility index (Phi) is 9.25. The number of amides is 1. The Bertz CT molecular complexity index is 1540. The van der Waals surface area contributed by atoms with Crippen LogP contribution in [0, 0.1) is 11.3 Å². The van der Waals surface area contributed by atoms with Gasteiger partial charge in [0.15, 0.2) is 0 Å². The van der Waals surface area contributed by atoms with Crippen LogP contribution in [0.2, 0.25) is 0 Å². The van der Waals surface area contributed by atoms with Gasteiger partial charge in [0.1, 0.15) is 35.5 Å². The molecule has 6 rings (SSSR count). The summed E-state index contributed by atoms with van der Waals surface area (Å²) >= 11 is 0. The number of nitriles is 1. The van der Waals surface area contributed by atoms with Crippen LogP contribution in [0.3, 0.4) is 0 Å². The van der Waals surface area contributed by atoms with Crippen LogP contribution in [-0.4, -0.2) is 114 Å². The summed E-state index contributed by atoms with van der Waals surface area (Å²) in [5.74, 6) is 1.67. The Morgan fingerprint density at radius 2 is 1.87 bits per heavy atom. The number of aromatic nitrogens is 3. The predicted molar refractivity (Wildman–Crippen MR) is 167 cm³/mol. The molecule has 3 fully saturated rings. The van der Waals surface area contributed by atoms with Crippen molar-refractivity contribution < 1.29 is 24.1 Å². The molecule has 1 amide bonds. The van der Waals surface area contributed by atoms with E-state index in [9.17, 15) is 15.2 Å². The van der Waals surface area contributed by atoms with Crippen molar-refractivity contribution in [1.29, 1.82) is 5.26 Å². The second kappa shape index (κ2) is 13.6. The first kappa shape index (κ1) is 30.5. The molecule has 0 radical (unpaired) electrons. The standard InChI is InChI=1S/C32H38N8O5/c1-21(41)31(42)40-11-8-25(9-12-40)45-28-5-3-22(17-23(28)18-33)26-7-10-34-32(35-26)37-29-6-4-27(30(36-29)43-2)39-15-13-38(14-16-39)24-19-44-20-24/h3-7,10,17,21,24-25,41H,8-9,11-16,19-20H2,1-2H3,(H,34,35,36,37)/t21-/m0/s1. The summed E-state index contributed by atoms with van der Waals surface area (Å²) in [6.07, 6.45) is 1.76. The lowest BCUT2D eigenvalue weighted by molar-refractivity contribution is -0.141. The minimum atomic E-state index is -1.01. The summed E-state index contributed by atoms with van der Waals surface area (Å²) in [7, 11) is 1.62. The number of anilines is 3. The predicted octanol–water partition coefficient (Wildman–Crippen LogP) is 2.43. The van der Waals surface area contributed by atoms with E-state index in [4.69, 9.17) is 14.2 Å². The van der Waals surface area contributed by atoms with Crippen LogP contribution in [0.1, 0.15) is 25.3 Å². The van der Waals surface area contributed by atoms with E-state index in [0.717, 1.165) is 50.6 Å². The zero-order chi connectivity index (χ0) is 31.3. The first-order valence-corrected chi connectivity index (χ1v) is 15.3. The quantitative estimate of drug-likeness (QED) is 0.365. The molecule has 13 nitrogen and oxygen atoms in total. The van der Waals surface area contributed by atoms with Crippen LogP contribution in [-0.2, 0) is 9.53 Å². The normalized spacial score (nSPS) is 18.5. The summed E-state index contributed by atoms with van der Waals surface area (Å²) in [5.41, 5.74) is 2.73. The number of methoxy groups -OCH3 is 1. The number of aliphatic hydroxyl groups excluding tert-OH is 1. The number of rotatable bonds is 9. The van der Waals surface area contributed by atoms with Crippen LogP contribution in [0.5, 0.6) is 11.6 Å². The fourth-order valence-corrected chi connectivity index (χ4v) is 5.87. The molecule has 3 aliphatic heterocycles.